The number of methoxy groups -OCH3 is 2. The van der Waals surface area contributed by atoms with Crippen molar-refractivity contribution in [2.24, 2.45) is 0 Å². The van der Waals surface area contributed by atoms with Crippen molar-refractivity contribution in [1.82, 2.24) is 0 Å². The third-order valence-corrected chi connectivity index (χ3v) is 4.23. The van der Waals surface area contributed by atoms with Gasteiger partial charge >= 0.3 is 0 Å². The van der Waals surface area contributed by atoms with E-state index in [1.54, 1.807) is 14.2 Å². The van der Waals surface area contributed by atoms with Crippen molar-refractivity contribution in [3.63, 3.8) is 0 Å². The molecule has 1 aliphatic rings. The number of hydrogen-bond donors (Lipinski definition) is 1. The predicted molar refractivity (Wildman–Crippen MR) is 82.3 cm³/mol. The van der Waals surface area contributed by atoms with E-state index in [9.17, 15) is 5.11 Å². The van der Waals surface area contributed by atoms with Crippen LogP contribution in [0.25, 0.3) is 0 Å². The molecule has 0 fully saturated rings. The van der Waals surface area contributed by atoms with E-state index in [-0.39, 0.29) is 5.92 Å². The first-order valence-corrected chi connectivity index (χ1v) is 7.15. The van der Waals surface area contributed by atoms with Gasteiger partial charge in [-0.15, -0.1) is 0 Å². The van der Waals surface area contributed by atoms with Crippen molar-refractivity contribution in [2.45, 2.75) is 25.4 Å². The molecule has 3 heteroatoms. The summed E-state index contributed by atoms with van der Waals surface area (Å²) in [7, 11) is 3.35. The molecule has 21 heavy (non-hydrogen) atoms. The molecular weight excluding hydrogens is 264 g/mol. The topological polar surface area (TPSA) is 38.7 Å². The summed E-state index contributed by atoms with van der Waals surface area (Å²) >= 11 is 0. The van der Waals surface area contributed by atoms with Gasteiger partial charge in [-0.05, 0) is 59.9 Å². The number of ether oxygens (including phenoxy) is 2. The Hall–Kier alpha value is -2.00. The zero-order chi connectivity index (χ0) is 15.0. The van der Waals surface area contributed by atoms with Gasteiger partial charge in [-0.1, -0.05) is 12.1 Å². The van der Waals surface area contributed by atoms with Crippen molar-refractivity contribution < 1.29 is 14.6 Å². The molecule has 2 aromatic rings. The summed E-state index contributed by atoms with van der Waals surface area (Å²) in [4.78, 5) is 0. The second-order valence-electron chi connectivity index (χ2n) is 5.52. The highest BCUT2D eigenvalue weighted by Gasteiger charge is 2.29. The molecule has 0 heterocycles. The second kappa shape index (κ2) is 5.41. The molecule has 110 valence electrons. The largest absolute Gasteiger partial charge is 0.497 e. The quantitative estimate of drug-likeness (QED) is 0.941. The molecule has 0 radical (unpaired) electrons. The van der Waals surface area contributed by atoms with E-state index in [0.29, 0.717) is 0 Å². The van der Waals surface area contributed by atoms with E-state index < -0.39 is 6.10 Å². The molecule has 3 rings (SSSR count). The van der Waals surface area contributed by atoms with Crippen LogP contribution in [0.4, 0.5) is 0 Å². The van der Waals surface area contributed by atoms with E-state index in [4.69, 9.17) is 9.47 Å². The van der Waals surface area contributed by atoms with Gasteiger partial charge in [-0.2, -0.15) is 0 Å². The average molecular weight is 284 g/mol. The molecule has 0 amide bonds. The SMILES string of the molecule is COc1ccc2c(c1)Cc1cc(OC)ccc1C2C(C)O. The first-order chi connectivity index (χ1) is 10.1. The van der Waals surface area contributed by atoms with Crippen molar-refractivity contribution in [2.75, 3.05) is 14.2 Å². The minimum Gasteiger partial charge on any atom is -0.497 e. The van der Waals surface area contributed by atoms with Crippen LogP contribution in [0.1, 0.15) is 35.1 Å². The smallest absolute Gasteiger partial charge is 0.119 e. The van der Waals surface area contributed by atoms with Crippen LogP contribution in [0.3, 0.4) is 0 Å². The molecule has 1 N–H and O–H groups in total. The number of rotatable bonds is 3. The Bertz CT molecular complexity index is 608. The van der Waals surface area contributed by atoms with Crippen LogP contribution < -0.4 is 9.47 Å². The fraction of sp³-hybridized carbons (Fsp3) is 0.333. The van der Waals surface area contributed by atoms with Gasteiger partial charge in [-0.3, -0.25) is 0 Å². The Balaban J connectivity index is 2.14. The van der Waals surface area contributed by atoms with Crippen LogP contribution in [0.15, 0.2) is 36.4 Å². The minimum atomic E-state index is -0.440. The fourth-order valence-electron chi connectivity index (χ4n) is 3.22. The monoisotopic (exact) mass is 284 g/mol. The zero-order valence-corrected chi connectivity index (χ0v) is 12.6. The molecule has 1 unspecified atom stereocenters. The van der Waals surface area contributed by atoms with Gasteiger partial charge in [0.05, 0.1) is 20.3 Å². The molecular formula is C18H20O3. The van der Waals surface area contributed by atoms with E-state index in [0.717, 1.165) is 17.9 Å². The highest BCUT2D eigenvalue weighted by Crippen LogP contribution is 2.41. The van der Waals surface area contributed by atoms with Gasteiger partial charge < -0.3 is 14.6 Å². The van der Waals surface area contributed by atoms with Crippen molar-refractivity contribution in [3.8, 4) is 11.5 Å². The van der Waals surface area contributed by atoms with Gasteiger partial charge in [-0.25, -0.2) is 0 Å². The van der Waals surface area contributed by atoms with E-state index in [2.05, 4.69) is 24.3 Å². The maximum Gasteiger partial charge on any atom is 0.119 e. The lowest BCUT2D eigenvalue weighted by atomic mass is 9.76. The number of fused-ring (bicyclic) bond motifs is 2. The first kappa shape index (κ1) is 14.0. The minimum absolute atomic E-state index is 0.000521. The van der Waals surface area contributed by atoms with Crippen molar-refractivity contribution >= 4 is 0 Å². The van der Waals surface area contributed by atoms with Gasteiger partial charge in [0.15, 0.2) is 0 Å². The summed E-state index contributed by atoms with van der Waals surface area (Å²) in [5.41, 5.74) is 4.79. The Morgan fingerprint density at radius 3 is 1.81 bits per heavy atom. The van der Waals surface area contributed by atoms with E-state index in [1.165, 1.54) is 22.3 Å². The fourth-order valence-corrected chi connectivity index (χ4v) is 3.22. The van der Waals surface area contributed by atoms with Gasteiger partial charge in [0, 0.05) is 5.92 Å². The Morgan fingerprint density at radius 2 is 1.43 bits per heavy atom. The van der Waals surface area contributed by atoms with Crippen LogP contribution in [0.5, 0.6) is 11.5 Å². The number of aliphatic hydroxyl groups excluding tert-OH is 1. The van der Waals surface area contributed by atoms with E-state index >= 15 is 0 Å². The summed E-state index contributed by atoms with van der Waals surface area (Å²) < 4.78 is 10.6. The van der Waals surface area contributed by atoms with E-state index in [1.807, 2.05) is 19.1 Å². The Kier molecular flexibility index (Phi) is 3.60. The third kappa shape index (κ3) is 2.38. The standard InChI is InChI=1S/C18H20O3/c1-11(19)18-16-6-4-14(20-2)9-12(16)8-13-10-15(21-3)5-7-17(13)18/h4-7,9-11,18-19H,8H2,1-3H3. The van der Waals surface area contributed by atoms with Crippen LogP contribution in [-0.4, -0.2) is 25.4 Å². The molecule has 1 atom stereocenters. The molecule has 0 spiro atoms. The third-order valence-electron chi connectivity index (χ3n) is 4.23. The van der Waals surface area contributed by atoms with Crippen molar-refractivity contribution in [3.05, 3.63) is 58.7 Å². The highest BCUT2D eigenvalue weighted by atomic mass is 16.5. The summed E-state index contributed by atoms with van der Waals surface area (Å²) in [5.74, 6) is 1.70. The molecule has 0 saturated heterocycles. The number of aliphatic hydroxyl groups is 1. The number of benzene rings is 2. The zero-order valence-electron chi connectivity index (χ0n) is 12.6. The Labute approximate surface area is 125 Å². The van der Waals surface area contributed by atoms with Gasteiger partial charge in [0.2, 0.25) is 0 Å². The van der Waals surface area contributed by atoms with Gasteiger partial charge in [0.25, 0.3) is 0 Å². The second-order valence-corrected chi connectivity index (χ2v) is 5.52. The summed E-state index contributed by atoms with van der Waals surface area (Å²) in [6.07, 6.45) is 0.395. The van der Waals surface area contributed by atoms with Crippen LogP contribution >= 0.6 is 0 Å². The Morgan fingerprint density at radius 1 is 0.952 bits per heavy atom. The van der Waals surface area contributed by atoms with Crippen LogP contribution in [-0.2, 0) is 6.42 Å². The summed E-state index contributed by atoms with van der Waals surface area (Å²) in [5, 5.41) is 10.3. The van der Waals surface area contributed by atoms with Crippen LogP contribution in [0.2, 0.25) is 0 Å². The lowest BCUT2D eigenvalue weighted by molar-refractivity contribution is 0.174. The average Bonchev–Trinajstić information content (AvgIpc) is 2.50. The number of hydrogen-bond acceptors (Lipinski definition) is 3. The maximum absolute atomic E-state index is 10.3. The summed E-state index contributed by atoms with van der Waals surface area (Å²) in [6, 6.07) is 12.2. The maximum atomic E-state index is 10.3. The molecule has 2 aromatic carbocycles. The normalized spacial score (nSPS) is 15.0. The lowest BCUT2D eigenvalue weighted by Gasteiger charge is -2.31. The molecule has 3 nitrogen and oxygen atoms in total. The first-order valence-electron chi connectivity index (χ1n) is 7.15. The molecule has 0 saturated carbocycles. The predicted octanol–water partition coefficient (Wildman–Crippen LogP) is 3.12. The van der Waals surface area contributed by atoms with Gasteiger partial charge in [0.1, 0.15) is 11.5 Å². The summed E-state index contributed by atoms with van der Waals surface area (Å²) in [6.45, 7) is 1.85. The highest BCUT2D eigenvalue weighted by molar-refractivity contribution is 5.53. The lowest BCUT2D eigenvalue weighted by Crippen LogP contribution is -2.23. The van der Waals surface area contributed by atoms with Crippen LogP contribution in [0, 0.1) is 0 Å². The molecule has 1 aliphatic carbocycles. The molecule has 0 aliphatic heterocycles. The molecule has 0 bridgehead atoms. The van der Waals surface area contributed by atoms with Crippen molar-refractivity contribution in [1.29, 1.82) is 0 Å². The molecule has 0 aromatic heterocycles.